The summed E-state index contributed by atoms with van der Waals surface area (Å²) >= 11 is 12.2. The third-order valence-corrected chi connectivity index (χ3v) is 4.89. The van der Waals surface area contributed by atoms with E-state index >= 15 is 0 Å². The predicted molar refractivity (Wildman–Crippen MR) is 90.9 cm³/mol. The van der Waals surface area contributed by atoms with Gasteiger partial charge in [0.2, 0.25) is 20.5 Å². The van der Waals surface area contributed by atoms with Crippen molar-refractivity contribution in [3.05, 3.63) is 64.8 Å². The summed E-state index contributed by atoms with van der Waals surface area (Å²) in [6.45, 7) is 0. The molecule has 2 aromatic carbocycles. The van der Waals surface area contributed by atoms with E-state index in [1.54, 1.807) is 24.3 Å². The molecule has 0 aliphatic rings. The van der Waals surface area contributed by atoms with Crippen molar-refractivity contribution in [3.8, 4) is 22.3 Å². The Kier molecular flexibility index (Phi) is 4.40. The van der Waals surface area contributed by atoms with Gasteiger partial charge in [0.15, 0.2) is 0 Å². The fraction of sp³-hybridized carbons (Fsp3) is 0. The number of sulfonamides is 1. The van der Waals surface area contributed by atoms with Gasteiger partial charge >= 0.3 is 0 Å². The molecule has 0 saturated heterocycles. The summed E-state index contributed by atoms with van der Waals surface area (Å²) < 4.78 is 41.1. The van der Waals surface area contributed by atoms with Gasteiger partial charge in [0.05, 0.1) is 4.90 Å². The molecular formula is C16H10Cl2FNO3S. The highest BCUT2D eigenvalue weighted by Gasteiger charge is 2.21. The maximum atomic E-state index is 13.1. The number of furan rings is 1. The first-order chi connectivity index (χ1) is 11.3. The highest BCUT2D eigenvalue weighted by molar-refractivity contribution is 7.89. The predicted octanol–water partition coefficient (Wildman–Crippen LogP) is 4.71. The molecular weight excluding hydrogens is 376 g/mol. The minimum absolute atomic E-state index is 0.0275. The fourth-order valence-corrected chi connectivity index (χ4v) is 3.44. The first-order valence-electron chi connectivity index (χ1n) is 6.64. The Morgan fingerprint density at radius 1 is 0.833 bits per heavy atom. The summed E-state index contributed by atoms with van der Waals surface area (Å²) in [7, 11) is -3.80. The molecule has 3 aromatic rings. The molecule has 1 heterocycles. The molecule has 8 heteroatoms. The van der Waals surface area contributed by atoms with Crippen molar-refractivity contribution in [2.45, 2.75) is 4.90 Å². The van der Waals surface area contributed by atoms with E-state index in [-0.39, 0.29) is 21.2 Å². The molecule has 0 aliphatic carbocycles. The van der Waals surface area contributed by atoms with Crippen LogP contribution in [-0.2, 0) is 10.0 Å². The van der Waals surface area contributed by atoms with E-state index < -0.39 is 10.0 Å². The monoisotopic (exact) mass is 385 g/mol. The van der Waals surface area contributed by atoms with Crippen LogP contribution in [0.15, 0.2) is 57.8 Å². The van der Waals surface area contributed by atoms with Crippen LogP contribution in [-0.4, -0.2) is 8.42 Å². The maximum Gasteiger partial charge on any atom is 0.238 e. The Bertz CT molecular complexity index is 997. The van der Waals surface area contributed by atoms with Gasteiger partial charge in [-0.2, -0.15) is 0 Å². The Morgan fingerprint density at radius 2 is 1.25 bits per heavy atom. The largest absolute Gasteiger partial charge is 0.432 e. The second-order valence-electron chi connectivity index (χ2n) is 4.98. The molecule has 0 saturated carbocycles. The molecule has 0 bridgehead atoms. The molecule has 0 radical (unpaired) electrons. The SMILES string of the molecule is NS(=O)(=O)c1ccc(-c2c(Cl)oc(Cl)c2-c2ccc(F)cc2)cc1. The summed E-state index contributed by atoms with van der Waals surface area (Å²) in [5.41, 5.74) is 2.17. The van der Waals surface area contributed by atoms with Crippen LogP contribution in [0.2, 0.25) is 10.4 Å². The van der Waals surface area contributed by atoms with Gasteiger partial charge in [-0.05, 0) is 58.6 Å². The van der Waals surface area contributed by atoms with Crippen LogP contribution >= 0.6 is 23.2 Å². The molecule has 124 valence electrons. The minimum Gasteiger partial charge on any atom is -0.432 e. The number of hydrogen-bond donors (Lipinski definition) is 1. The van der Waals surface area contributed by atoms with Crippen molar-refractivity contribution < 1.29 is 17.2 Å². The van der Waals surface area contributed by atoms with E-state index in [1.165, 1.54) is 24.3 Å². The molecule has 24 heavy (non-hydrogen) atoms. The molecule has 0 spiro atoms. The molecule has 0 unspecified atom stereocenters. The number of rotatable bonds is 3. The maximum absolute atomic E-state index is 13.1. The molecule has 0 atom stereocenters. The summed E-state index contributed by atoms with van der Waals surface area (Å²) in [5.74, 6) is -0.386. The van der Waals surface area contributed by atoms with E-state index in [4.69, 9.17) is 32.8 Å². The summed E-state index contributed by atoms with van der Waals surface area (Å²) in [4.78, 5) is -0.0275. The van der Waals surface area contributed by atoms with Crippen LogP contribution in [0.25, 0.3) is 22.3 Å². The third kappa shape index (κ3) is 3.18. The van der Waals surface area contributed by atoms with E-state index in [1.807, 2.05) is 0 Å². The lowest BCUT2D eigenvalue weighted by atomic mass is 9.99. The van der Waals surface area contributed by atoms with Crippen LogP contribution in [0, 0.1) is 5.82 Å². The number of hydrogen-bond acceptors (Lipinski definition) is 3. The molecule has 0 aliphatic heterocycles. The molecule has 3 rings (SSSR count). The fourth-order valence-electron chi connectivity index (χ4n) is 2.32. The van der Waals surface area contributed by atoms with Crippen LogP contribution < -0.4 is 5.14 Å². The van der Waals surface area contributed by atoms with Crippen molar-refractivity contribution in [2.24, 2.45) is 5.14 Å². The van der Waals surface area contributed by atoms with Gasteiger partial charge in [0.1, 0.15) is 5.82 Å². The topological polar surface area (TPSA) is 73.3 Å². The summed E-state index contributed by atoms with van der Waals surface area (Å²) in [5, 5.41) is 5.18. The van der Waals surface area contributed by atoms with Gasteiger partial charge in [0.25, 0.3) is 0 Å². The van der Waals surface area contributed by atoms with Crippen molar-refractivity contribution in [1.82, 2.24) is 0 Å². The lowest BCUT2D eigenvalue weighted by Gasteiger charge is -2.06. The summed E-state index contributed by atoms with van der Waals surface area (Å²) in [6, 6.07) is 11.5. The smallest absolute Gasteiger partial charge is 0.238 e. The highest BCUT2D eigenvalue weighted by Crippen LogP contribution is 2.44. The Labute approximate surface area is 147 Å². The van der Waals surface area contributed by atoms with Gasteiger partial charge in [-0.1, -0.05) is 24.3 Å². The second-order valence-corrected chi connectivity index (χ2v) is 7.22. The molecule has 0 amide bonds. The zero-order valence-electron chi connectivity index (χ0n) is 12.0. The van der Waals surface area contributed by atoms with Crippen molar-refractivity contribution in [3.63, 3.8) is 0 Å². The third-order valence-electron chi connectivity index (χ3n) is 3.43. The molecule has 0 fully saturated rings. The van der Waals surface area contributed by atoms with Crippen LogP contribution in [0.4, 0.5) is 4.39 Å². The van der Waals surface area contributed by atoms with Crippen molar-refractivity contribution in [2.75, 3.05) is 0 Å². The average molecular weight is 386 g/mol. The number of nitrogens with two attached hydrogens (primary N) is 1. The van der Waals surface area contributed by atoms with E-state index in [9.17, 15) is 12.8 Å². The first-order valence-corrected chi connectivity index (χ1v) is 8.94. The zero-order chi connectivity index (χ0) is 17.5. The average Bonchev–Trinajstić information content (AvgIpc) is 2.82. The number of primary sulfonamides is 1. The van der Waals surface area contributed by atoms with Gasteiger partial charge in [-0.25, -0.2) is 17.9 Å². The minimum atomic E-state index is -3.80. The molecule has 1 aromatic heterocycles. The van der Waals surface area contributed by atoms with Crippen LogP contribution in [0.5, 0.6) is 0 Å². The lowest BCUT2D eigenvalue weighted by Crippen LogP contribution is -2.11. The van der Waals surface area contributed by atoms with Gasteiger partial charge in [0, 0.05) is 11.1 Å². The molecule has 4 nitrogen and oxygen atoms in total. The Hall–Kier alpha value is -1.86. The van der Waals surface area contributed by atoms with Crippen LogP contribution in [0.3, 0.4) is 0 Å². The normalized spacial score (nSPS) is 11.7. The van der Waals surface area contributed by atoms with Gasteiger partial charge < -0.3 is 4.42 Å². The van der Waals surface area contributed by atoms with Gasteiger partial charge in [-0.15, -0.1) is 0 Å². The van der Waals surface area contributed by atoms with Crippen LogP contribution in [0.1, 0.15) is 0 Å². The summed E-state index contributed by atoms with van der Waals surface area (Å²) in [6.07, 6.45) is 0. The lowest BCUT2D eigenvalue weighted by molar-refractivity contribution is 0.573. The second kappa shape index (κ2) is 6.22. The molecule has 2 N–H and O–H groups in total. The quantitative estimate of drug-likeness (QED) is 0.709. The standard InChI is InChI=1S/C16H10Cl2FNO3S/c17-15-13(9-1-5-11(19)6-2-9)14(16(18)23-15)10-3-7-12(8-4-10)24(20,21)22/h1-8H,(H2,20,21,22). The van der Waals surface area contributed by atoms with Crippen molar-refractivity contribution in [1.29, 1.82) is 0 Å². The zero-order valence-corrected chi connectivity index (χ0v) is 14.3. The van der Waals surface area contributed by atoms with E-state index in [0.717, 1.165) is 0 Å². The first kappa shape index (κ1) is 17.0. The van der Waals surface area contributed by atoms with E-state index in [2.05, 4.69) is 0 Å². The highest BCUT2D eigenvalue weighted by atomic mass is 35.5. The van der Waals surface area contributed by atoms with Gasteiger partial charge in [-0.3, -0.25) is 0 Å². The Balaban J connectivity index is 2.17. The van der Waals surface area contributed by atoms with E-state index in [0.29, 0.717) is 22.3 Å². The number of halogens is 3. The Morgan fingerprint density at radius 3 is 1.67 bits per heavy atom. The van der Waals surface area contributed by atoms with Crippen molar-refractivity contribution >= 4 is 33.2 Å². The number of benzene rings is 2.